The summed E-state index contributed by atoms with van der Waals surface area (Å²) in [6.07, 6.45) is 0.406. The van der Waals surface area contributed by atoms with E-state index in [0.717, 1.165) is 33.5 Å². The van der Waals surface area contributed by atoms with E-state index in [1.807, 2.05) is 26.0 Å². The SMILES string of the molecule is COc1cc(Nc2cc(C)cc3[nH]c(CC(C)OC=O)cc23)cc(OC)c1OC. The van der Waals surface area contributed by atoms with Gasteiger partial charge in [0.05, 0.1) is 21.3 Å². The number of nitrogens with one attached hydrogen (secondary N) is 2. The molecule has 154 valence electrons. The smallest absolute Gasteiger partial charge is 0.293 e. The number of aryl methyl sites for hydroxylation is 1. The highest BCUT2D eigenvalue weighted by molar-refractivity contribution is 5.95. The minimum absolute atomic E-state index is 0.201. The summed E-state index contributed by atoms with van der Waals surface area (Å²) in [4.78, 5) is 14.0. The summed E-state index contributed by atoms with van der Waals surface area (Å²) >= 11 is 0. The second-order valence-corrected chi connectivity index (χ2v) is 6.85. The number of ether oxygens (including phenoxy) is 4. The van der Waals surface area contributed by atoms with Gasteiger partial charge in [0.15, 0.2) is 11.5 Å². The van der Waals surface area contributed by atoms with Crippen LogP contribution in [-0.4, -0.2) is 38.9 Å². The van der Waals surface area contributed by atoms with E-state index in [-0.39, 0.29) is 6.10 Å². The molecule has 0 bridgehead atoms. The third kappa shape index (κ3) is 4.39. The van der Waals surface area contributed by atoms with E-state index in [2.05, 4.69) is 28.5 Å². The van der Waals surface area contributed by atoms with Gasteiger partial charge in [0, 0.05) is 46.5 Å². The van der Waals surface area contributed by atoms with Crippen LogP contribution in [0.1, 0.15) is 18.2 Å². The number of fused-ring (bicyclic) bond motifs is 1. The second kappa shape index (κ2) is 8.77. The number of methoxy groups -OCH3 is 3. The van der Waals surface area contributed by atoms with E-state index in [1.54, 1.807) is 21.3 Å². The lowest BCUT2D eigenvalue weighted by atomic mass is 10.1. The molecule has 0 saturated heterocycles. The van der Waals surface area contributed by atoms with Crippen LogP contribution >= 0.6 is 0 Å². The van der Waals surface area contributed by atoms with Gasteiger partial charge in [-0.05, 0) is 37.6 Å². The zero-order valence-electron chi connectivity index (χ0n) is 17.3. The molecule has 0 aliphatic rings. The number of benzene rings is 2. The van der Waals surface area contributed by atoms with Crippen LogP contribution in [0.15, 0.2) is 30.3 Å². The lowest BCUT2D eigenvalue weighted by Gasteiger charge is -2.16. The van der Waals surface area contributed by atoms with E-state index < -0.39 is 0 Å². The molecule has 0 saturated carbocycles. The Hall–Kier alpha value is -3.35. The Labute approximate surface area is 169 Å². The summed E-state index contributed by atoms with van der Waals surface area (Å²) in [7, 11) is 4.76. The van der Waals surface area contributed by atoms with Gasteiger partial charge in [0.2, 0.25) is 5.75 Å². The van der Waals surface area contributed by atoms with Gasteiger partial charge in [-0.2, -0.15) is 0 Å². The lowest BCUT2D eigenvalue weighted by Crippen LogP contribution is -2.10. The van der Waals surface area contributed by atoms with Crippen molar-refractivity contribution < 1.29 is 23.7 Å². The van der Waals surface area contributed by atoms with Gasteiger partial charge in [0.1, 0.15) is 6.10 Å². The summed E-state index contributed by atoms with van der Waals surface area (Å²) in [5.41, 5.74) is 4.87. The fourth-order valence-corrected chi connectivity index (χ4v) is 3.41. The van der Waals surface area contributed by atoms with Crippen LogP contribution in [0.3, 0.4) is 0 Å². The highest BCUT2D eigenvalue weighted by Crippen LogP contribution is 2.41. The maximum atomic E-state index is 10.6. The lowest BCUT2D eigenvalue weighted by molar-refractivity contribution is -0.132. The van der Waals surface area contributed by atoms with E-state index in [0.29, 0.717) is 30.1 Å². The zero-order valence-corrected chi connectivity index (χ0v) is 17.3. The number of carbonyl (C=O) groups excluding carboxylic acids is 1. The van der Waals surface area contributed by atoms with Gasteiger partial charge < -0.3 is 29.2 Å². The Morgan fingerprint density at radius 1 is 1.03 bits per heavy atom. The summed E-state index contributed by atoms with van der Waals surface area (Å²) in [5.74, 6) is 1.70. The maximum absolute atomic E-state index is 10.6. The molecule has 1 atom stereocenters. The van der Waals surface area contributed by atoms with Crippen molar-refractivity contribution in [1.29, 1.82) is 0 Å². The predicted octanol–water partition coefficient (Wildman–Crippen LogP) is 4.35. The van der Waals surface area contributed by atoms with E-state index in [1.165, 1.54) is 0 Å². The van der Waals surface area contributed by atoms with Gasteiger partial charge in [-0.1, -0.05) is 0 Å². The van der Waals surface area contributed by atoms with Crippen molar-refractivity contribution in [2.45, 2.75) is 26.4 Å². The third-order valence-electron chi connectivity index (χ3n) is 4.68. The van der Waals surface area contributed by atoms with E-state index >= 15 is 0 Å². The molecule has 0 aliphatic heterocycles. The number of anilines is 2. The topological polar surface area (TPSA) is 81.8 Å². The fourth-order valence-electron chi connectivity index (χ4n) is 3.41. The van der Waals surface area contributed by atoms with Crippen molar-refractivity contribution in [3.8, 4) is 17.2 Å². The van der Waals surface area contributed by atoms with Crippen molar-refractivity contribution in [2.24, 2.45) is 0 Å². The van der Waals surface area contributed by atoms with Crippen LogP contribution in [0.5, 0.6) is 17.2 Å². The Morgan fingerprint density at radius 3 is 2.31 bits per heavy atom. The molecule has 7 heteroatoms. The molecule has 0 spiro atoms. The number of aromatic nitrogens is 1. The van der Waals surface area contributed by atoms with Crippen LogP contribution < -0.4 is 19.5 Å². The number of carbonyl (C=O) groups is 1. The molecule has 2 aromatic carbocycles. The van der Waals surface area contributed by atoms with Crippen LogP contribution in [0.4, 0.5) is 11.4 Å². The average Bonchev–Trinajstić information content (AvgIpc) is 3.09. The van der Waals surface area contributed by atoms with Crippen LogP contribution in [0, 0.1) is 6.92 Å². The van der Waals surface area contributed by atoms with Gasteiger partial charge in [-0.25, -0.2) is 0 Å². The molecule has 3 aromatic rings. The molecule has 0 fully saturated rings. The number of hydrogen-bond acceptors (Lipinski definition) is 6. The quantitative estimate of drug-likeness (QED) is 0.522. The molecule has 0 amide bonds. The van der Waals surface area contributed by atoms with Crippen molar-refractivity contribution in [3.63, 3.8) is 0 Å². The molecule has 1 heterocycles. The molecule has 0 aliphatic carbocycles. The first kappa shape index (κ1) is 20.4. The monoisotopic (exact) mass is 398 g/mol. The number of aromatic amines is 1. The predicted molar refractivity (Wildman–Crippen MR) is 113 cm³/mol. The highest BCUT2D eigenvalue weighted by Gasteiger charge is 2.15. The molecule has 7 nitrogen and oxygen atoms in total. The highest BCUT2D eigenvalue weighted by atomic mass is 16.5. The standard InChI is InChI=1S/C22H26N2O5/c1-13-6-18-17(9-15(23-18)8-14(2)29-12-25)19(7-13)24-16-10-20(26-3)22(28-5)21(11-16)27-4/h6-7,9-12,14,23-24H,8H2,1-5H3. The molecular formula is C22H26N2O5. The van der Waals surface area contributed by atoms with Gasteiger partial charge in [-0.15, -0.1) is 0 Å². The van der Waals surface area contributed by atoms with Crippen molar-refractivity contribution >= 4 is 28.7 Å². The number of rotatable bonds is 9. The van der Waals surface area contributed by atoms with Gasteiger partial charge in [-0.3, -0.25) is 4.79 Å². The third-order valence-corrected chi connectivity index (χ3v) is 4.68. The number of H-pyrrole nitrogens is 1. The van der Waals surface area contributed by atoms with E-state index in [4.69, 9.17) is 18.9 Å². The zero-order chi connectivity index (χ0) is 21.0. The fraction of sp³-hybridized carbons (Fsp3) is 0.318. The van der Waals surface area contributed by atoms with Gasteiger partial charge in [0.25, 0.3) is 6.47 Å². The van der Waals surface area contributed by atoms with Gasteiger partial charge >= 0.3 is 0 Å². The summed E-state index contributed by atoms with van der Waals surface area (Å²) in [6, 6.07) is 9.96. The molecule has 3 rings (SSSR count). The van der Waals surface area contributed by atoms with Crippen molar-refractivity contribution in [3.05, 3.63) is 41.6 Å². The first-order valence-corrected chi connectivity index (χ1v) is 9.27. The average molecular weight is 398 g/mol. The Morgan fingerprint density at radius 2 is 1.72 bits per heavy atom. The summed E-state index contributed by atoms with van der Waals surface area (Å²) < 4.78 is 21.3. The first-order chi connectivity index (χ1) is 14.0. The maximum Gasteiger partial charge on any atom is 0.293 e. The minimum atomic E-state index is -0.201. The van der Waals surface area contributed by atoms with Crippen molar-refractivity contribution in [1.82, 2.24) is 4.98 Å². The molecule has 1 aromatic heterocycles. The van der Waals surface area contributed by atoms with Crippen LogP contribution in [0.25, 0.3) is 10.9 Å². The van der Waals surface area contributed by atoms with Crippen LogP contribution in [0.2, 0.25) is 0 Å². The largest absolute Gasteiger partial charge is 0.493 e. The molecule has 0 radical (unpaired) electrons. The molecule has 2 N–H and O–H groups in total. The van der Waals surface area contributed by atoms with E-state index in [9.17, 15) is 4.79 Å². The summed E-state index contributed by atoms with van der Waals surface area (Å²) in [5, 5.41) is 4.50. The first-order valence-electron chi connectivity index (χ1n) is 9.27. The molecule has 1 unspecified atom stereocenters. The minimum Gasteiger partial charge on any atom is -0.493 e. The number of hydrogen-bond donors (Lipinski definition) is 2. The summed E-state index contributed by atoms with van der Waals surface area (Å²) in [6.45, 7) is 4.38. The van der Waals surface area contributed by atoms with Crippen LogP contribution in [-0.2, 0) is 16.0 Å². The Bertz CT molecular complexity index is 987. The normalized spacial score (nSPS) is 11.8. The Balaban J connectivity index is 1.99. The Kier molecular flexibility index (Phi) is 6.16. The second-order valence-electron chi connectivity index (χ2n) is 6.85. The molecule has 29 heavy (non-hydrogen) atoms. The van der Waals surface area contributed by atoms with Crippen molar-refractivity contribution in [2.75, 3.05) is 26.6 Å². The molecular weight excluding hydrogens is 372 g/mol.